The highest BCUT2D eigenvalue weighted by Crippen LogP contribution is 2.29. The van der Waals surface area contributed by atoms with Gasteiger partial charge in [0.05, 0.1) is 5.56 Å². The van der Waals surface area contributed by atoms with E-state index >= 15 is 0 Å². The number of carbonyl (C=O) groups excluding carboxylic acids is 1. The predicted molar refractivity (Wildman–Crippen MR) is 98.5 cm³/mol. The van der Waals surface area contributed by atoms with Gasteiger partial charge >= 0.3 is 6.18 Å². The average molecular weight is 379 g/mol. The molecule has 0 spiro atoms. The third-order valence-electron chi connectivity index (χ3n) is 4.12. The molecule has 0 saturated carbocycles. The lowest BCUT2D eigenvalue weighted by Crippen LogP contribution is -2.35. The number of halogens is 3. The fourth-order valence-electron chi connectivity index (χ4n) is 2.48. The lowest BCUT2D eigenvalue weighted by molar-refractivity contribution is -0.137. The summed E-state index contributed by atoms with van der Waals surface area (Å²) in [6.07, 6.45) is -5.17. The Bertz CT molecular complexity index is 777. The maximum atomic E-state index is 12.7. The minimum Gasteiger partial charge on any atom is -0.481 e. The molecule has 2 rings (SSSR count). The zero-order valence-corrected chi connectivity index (χ0v) is 15.9. The van der Waals surface area contributed by atoms with Gasteiger partial charge in [-0.15, -0.1) is 0 Å². The van der Waals surface area contributed by atoms with Crippen LogP contribution in [0.2, 0.25) is 0 Å². The van der Waals surface area contributed by atoms with Crippen LogP contribution in [0.5, 0.6) is 5.75 Å². The molecule has 3 nitrogen and oxygen atoms in total. The van der Waals surface area contributed by atoms with E-state index in [2.05, 4.69) is 26.1 Å². The number of nitrogens with one attached hydrogen (secondary N) is 1. The molecular formula is C21H24F3NO2. The molecule has 0 aliphatic rings. The van der Waals surface area contributed by atoms with Crippen LogP contribution in [0.25, 0.3) is 0 Å². The summed E-state index contributed by atoms with van der Waals surface area (Å²) in [5, 5.41) is 2.60. The summed E-state index contributed by atoms with van der Waals surface area (Å²) in [6.45, 7) is 7.91. The van der Waals surface area contributed by atoms with Gasteiger partial charge in [0.15, 0.2) is 6.10 Å². The van der Waals surface area contributed by atoms with E-state index in [1.54, 1.807) is 19.1 Å². The Kier molecular flexibility index (Phi) is 6.19. The maximum Gasteiger partial charge on any atom is 0.416 e. The summed E-state index contributed by atoms with van der Waals surface area (Å²) in [7, 11) is 0. The molecule has 0 aromatic heterocycles. The molecule has 0 aliphatic carbocycles. The van der Waals surface area contributed by atoms with E-state index < -0.39 is 23.8 Å². The molecule has 0 unspecified atom stereocenters. The number of ether oxygens (including phenoxy) is 1. The van der Waals surface area contributed by atoms with E-state index in [1.807, 2.05) is 12.1 Å². The van der Waals surface area contributed by atoms with Crippen molar-refractivity contribution in [3.05, 3.63) is 65.2 Å². The molecule has 0 bridgehead atoms. The Morgan fingerprint density at radius 1 is 1.04 bits per heavy atom. The molecule has 0 heterocycles. The molecule has 1 amide bonds. The van der Waals surface area contributed by atoms with E-state index in [0.29, 0.717) is 11.3 Å². The number of rotatable bonds is 5. The number of amides is 1. The molecule has 2 aromatic rings. The fraction of sp³-hybridized carbons (Fsp3) is 0.381. The third kappa shape index (κ3) is 6.01. The standard InChI is InChI=1S/C21H24F3NO2/c1-14(27-18-10-8-16(9-11-18)20(2,3)4)19(26)25-13-15-6-5-7-17(12-15)21(22,23)24/h5-12,14H,13H2,1-4H3,(H,25,26)/t14-/m0/s1. The number of alkyl halides is 3. The SMILES string of the molecule is C[C@H](Oc1ccc(C(C)(C)C)cc1)C(=O)NCc1cccc(C(F)(F)F)c1. The highest BCUT2D eigenvalue weighted by Gasteiger charge is 2.30. The number of benzene rings is 2. The summed E-state index contributed by atoms with van der Waals surface area (Å²) in [6, 6.07) is 12.4. The first kappa shape index (κ1) is 20.8. The van der Waals surface area contributed by atoms with Gasteiger partial charge in [0, 0.05) is 6.54 Å². The van der Waals surface area contributed by atoms with Crippen molar-refractivity contribution in [2.45, 2.75) is 51.9 Å². The first-order chi connectivity index (χ1) is 12.5. The molecule has 6 heteroatoms. The second-order valence-electron chi connectivity index (χ2n) is 7.45. The maximum absolute atomic E-state index is 12.7. The van der Waals surface area contributed by atoms with Gasteiger partial charge in [0.25, 0.3) is 5.91 Å². The Morgan fingerprint density at radius 2 is 1.67 bits per heavy atom. The largest absolute Gasteiger partial charge is 0.481 e. The number of hydrogen-bond donors (Lipinski definition) is 1. The monoisotopic (exact) mass is 379 g/mol. The molecule has 146 valence electrons. The molecular weight excluding hydrogens is 355 g/mol. The van der Waals surface area contributed by atoms with Crippen LogP contribution in [0.4, 0.5) is 13.2 Å². The van der Waals surface area contributed by atoms with Crippen LogP contribution in [-0.4, -0.2) is 12.0 Å². The van der Waals surface area contributed by atoms with Crippen LogP contribution in [0.15, 0.2) is 48.5 Å². The second kappa shape index (κ2) is 8.03. The lowest BCUT2D eigenvalue weighted by Gasteiger charge is -2.20. The Balaban J connectivity index is 1.92. The van der Waals surface area contributed by atoms with Crippen LogP contribution in [0.3, 0.4) is 0 Å². The van der Waals surface area contributed by atoms with Gasteiger partial charge in [-0.05, 0) is 47.7 Å². The summed E-state index contributed by atoms with van der Waals surface area (Å²) < 4.78 is 43.8. The molecule has 0 aliphatic heterocycles. The van der Waals surface area contributed by atoms with E-state index in [4.69, 9.17) is 4.74 Å². The van der Waals surface area contributed by atoms with Crippen molar-refractivity contribution < 1.29 is 22.7 Å². The van der Waals surface area contributed by atoms with E-state index in [1.165, 1.54) is 12.1 Å². The van der Waals surface area contributed by atoms with Gasteiger partial charge in [-0.25, -0.2) is 0 Å². The normalized spacial score (nSPS) is 13.1. The van der Waals surface area contributed by atoms with Crippen molar-refractivity contribution in [3.8, 4) is 5.75 Å². The van der Waals surface area contributed by atoms with E-state index in [0.717, 1.165) is 17.7 Å². The van der Waals surface area contributed by atoms with Crippen molar-refractivity contribution >= 4 is 5.91 Å². The highest BCUT2D eigenvalue weighted by molar-refractivity contribution is 5.80. The molecule has 1 atom stereocenters. The van der Waals surface area contributed by atoms with E-state index in [-0.39, 0.29) is 12.0 Å². The van der Waals surface area contributed by atoms with Crippen molar-refractivity contribution in [2.24, 2.45) is 0 Å². The summed E-state index contributed by atoms with van der Waals surface area (Å²) in [5.74, 6) is 0.164. The summed E-state index contributed by atoms with van der Waals surface area (Å²) in [4.78, 5) is 12.2. The van der Waals surface area contributed by atoms with Gasteiger partial charge in [0.1, 0.15) is 5.75 Å². The van der Waals surface area contributed by atoms with E-state index in [9.17, 15) is 18.0 Å². The first-order valence-electron chi connectivity index (χ1n) is 8.68. The summed E-state index contributed by atoms with van der Waals surface area (Å²) in [5.41, 5.74) is 0.806. The summed E-state index contributed by atoms with van der Waals surface area (Å²) >= 11 is 0. The molecule has 0 radical (unpaired) electrons. The zero-order chi connectivity index (χ0) is 20.2. The average Bonchev–Trinajstić information content (AvgIpc) is 2.59. The molecule has 0 saturated heterocycles. The second-order valence-corrected chi connectivity index (χ2v) is 7.45. The minimum absolute atomic E-state index is 0.000580. The van der Waals surface area contributed by atoms with Gasteiger partial charge < -0.3 is 10.1 Å². The van der Waals surface area contributed by atoms with Gasteiger partial charge in [-0.3, -0.25) is 4.79 Å². The number of carbonyl (C=O) groups is 1. The zero-order valence-electron chi connectivity index (χ0n) is 15.9. The van der Waals surface area contributed by atoms with Crippen molar-refractivity contribution in [2.75, 3.05) is 0 Å². The van der Waals surface area contributed by atoms with Gasteiger partial charge in [-0.2, -0.15) is 13.2 Å². The van der Waals surface area contributed by atoms with Crippen LogP contribution >= 0.6 is 0 Å². The Morgan fingerprint density at radius 3 is 2.22 bits per heavy atom. The molecule has 27 heavy (non-hydrogen) atoms. The fourth-order valence-corrected chi connectivity index (χ4v) is 2.48. The molecule has 0 fully saturated rings. The smallest absolute Gasteiger partial charge is 0.416 e. The quantitative estimate of drug-likeness (QED) is 0.786. The molecule has 1 N–H and O–H groups in total. The van der Waals surface area contributed by atoms with Gasteiger partial charge in [-0.1, -0.05) is 45.0 Å². The van der Waals surface area contributed by atoms with Crippen LogP contribution in [0.1, 0.15) is 44.4 Å². The predicted octanol–water partition coefficient (Wildman–Crippen LogP) is 5.09. The Labute approximate surface area is 157 Å². The van der Waals surface area contributed by atoms with Crippen molar-refractivity contribution in [1.82, 2.24) is 5.32 Å². The highest BCUT2D eigenvalue weighted by atomic mass is 19.4. The lowest BCUT2D eigenvalue weighted by atomic mass is 9.87. The van der Waals surface area contributed by atoms with Crippen LogP contribution < -0.4 is 10.1 Å². The van der Waals surface area contributed by atoms with Crippen molar-refractivity contribution in [3.63, 3.8) is 0 Å². The first-order valence-corrected chi connectivity index (χ1v) is 8.68. The van der Waals surface area contributed by atoms with Crippen LogP contribution in [-0.2, 0) is 22.9 Å². The number of hydrogen-bond acceptors (Lipinski definition) is 2. The third-order valence-corrected chi connectivity index (χ3v) is 4.12. The Hall–Kier alpha value is -2.50. The molecule has 2 aromatic carbocycles. The van der Waals surface area contributed by atoms with Crippen molar-refractivity contribution in [1.29, 1.82) is 0 Å². The van der Waals surface area contributed by atoms with Gasteiger partial charge in [0.2, 0.25) is 0 Å². The minimum atomic E-state index is -4.41. The van der Waals surface area contributed by atoms with Crippen LogP contribution in [0, 0.1) is 0 Å². The topological polar surface area (TPSA) is 38.3 Å².